The number of rotatable bonds is 6. The molecule has 0 aromatic heterocycles. The van der Waals surface area contributed by atoms with Crippen molar-refractivity contribution < 1.29 is 9.53 Å². The van der Waals surface area contributed by atoms with E-state index in [1.807, 2.05) is 32.1 Å². The molecule has 0 aliphatic rings. The first-order chi connectivity index (χ1) is 9.08. The van der Waals surface area contributed by atoms with Crippen LogP contribution in [0.25, 0.3) is 6.08 Å². The summed E-state index contributed by atoms with van der Waals surface area (Å²) in [6.45, 7) is 6.88. The highest BCUT2D eigenvalue weighted by atomic mass is 16.5. The smallest absolute Gasteiger partial charge is 0.243 e. The van der Waals surface area contributed by atoms with Crippen molar-refractivity contribution in [1.29, 1.82) is 0 Å². The minimum atomic E-state index is -0.0388. The molecule has 0 radical (unpaired) electrons. The minimum Gasteiger partial charge on any atom is -0.497 e. The Labute approximate surface area is 115 Å². The number of hydrogen-bond acceptors (Lipinski definition) is 2. The number of hydrogen-bond donors (Lipinski definition) is 1. The number of carbonyl (C=O) groups excluding carboxylic acids is 1. The van der Waals surface area contributed by atoms with E-state index in [2.05, 4.69) is 12.2 Å². The van der Waals surface area contributed by atoms with Crippen molar-refractivity contribution in [2.24, 2.45) is 0 Å². The van der Waals surface area contributed by atoms with Gasteiger partial charge in [-0.05, 0) is 55.2 Å². The van der Waals surface area contributed by atoms with Crippen LogP contribution < -0.4 is 10.1 Å². The second kappa shape index (κ2) is 7.62. The SMILES string of the molecule is CCCCNC(=O)/C=C/c1c(C)cc(OC)cc1C. The van der Waals surface area contributed by atoms with E-state index in [0.717, 1.165) is 41.8 Å². The van der Waals surface area contributed by atoms with Gasteiger partial charge in [0.05, 0.1) is 7.11 Å². The van der Waals surface area contributed by atoms with Crippen molar-refractivity contribution in [2.75, 3.05) is 13.7 Å². The number of amides is 1. The standard InChI is InChI=1S/C16H23NO2/c1-5-6-9-17-16(18)8-7-15-12(2)10-14(19-4)11-13(15)3/h7-8,10-11H,5-6,9H2,1-4H3,(H,17,18)/b8-7+. The van der Waals surface area contributed by atoms with E-state index >= 15 is 0 Å². The van der Waals surface area contributed by atoms with E-state index in [1.165, 1.54) is 0 Å². The summed E-state index contributed by atoms with van der Waals surface area (Å²) in [5, 5.41) is 2.86. The largest absolute Gasteiger partial charge is 0.497 e. The maximum absolute atomic E-state index is 11.6. The number of ether oxygens (including phenoxy) is 1. The summed E-state index contributed by atoms with van der Waals surface area (Å²) in [5.41, 5.74) is 3.29. The van der Waals surface area contributed by atoms with Crippen LogP contribution in [0.15, 0.2) is 18.2 Å². The van der Waals surface area contributed by atoms with Crippen molar-refractivity contribution in [2.45, 2.75) is 33.6 Å². The molecule has 0 aliphatic carbocycles. The second-order valence-corrected chi connectivity index (χ2v) is 4.65. The summed E-state index contributed by atoms with van der Waals surface area (Å²) in [4.78, 5) is 11.6. The Morgan fingerprint density at radius 3 is 2.47 bits per heavy atom. The number of methoxy groups -OCH3 is 1. The highest BCUT2D eigenvalue weighted by molar-refractivity contribution is 5.92. The van der Waals surface area contributed by atoms with Gasteiger partial charge >= 0.3 is 0 Å². The fraction of sp³-hybridized carbons (Fsp3) is 0.438. The third-order valence-corrected chi connectivity index (χ3v) is 3.03. The van der Waals surface area contributed by atoms with Crippen LogP contribution in [0.4, 0.5) is 0 Å². The highest BCUT2D eigenvalue weighted by Gasteiger charge is 2.03. The molecule has 0 atom stereocenters. The second-order valence-electron chi connectivity index (χ2n) is 4.65. The lowest BCUT2D eigenvalue weighted by atomic mass is 10.0. The van der Waals surface area contributed by atoms with E-state index in [-0.39, 0.29) is 5.91 Å². The summed E-state index contributed by atoms with van der Waals surface area (Å²) < 4.78 is 5.22. The fourth-order valence-electron chi connectivity index (χ4n) is 1.92. The molecular formula is C16H23NO2. The molecule has 3 heteroatoms. The average Bonchev–Trinajstić information content (AvgIpc) is 2.37. The van der Waals surface area contributed by atoms with Crippen molar-refractivity contribution >= 4 is 12.0 Å². The van der Waals surface area contributed by atoms with Crippen molar-refractivity contribution in [1.82, 2.24) is 5.32 Å². The Hall–Kier alpha value is -1.77. The van der Waals surface area contributed by atoms with Gasteiger partial charge in [-0.1, -0.05) is 13.3 Å². The molecule has 0 spiro atoms. The summed E-state index contributed by atoms with van der Waals surface area (Å²) in [5.74, 6) is 0.808. The van der Waals surface area contributed by atoms with Crippen LogP contribution in [0.1, 0.15) is 36.5 Å². The van der Waals surface area contributed by atoms with Gasteiger partial charge in [-0.3, -0.25) is 4.79 Å². The Kier molecular flexibility index (Phi) is 6.13. The first-order valence-corrected chi connectivity index (χ1v) is 6.69. The van der Waals surface area contributed by atoms with Gasteiger partial charge < -0.3 is 10.1 Å². The Bertz CT molecular complexity index is 441. The lowest BCUT2D eigenvalue weighted by Gasteiger charge is -2.08. The zero-order valence-corrected chi connectivity index (χ0v) is 12.2. The topological polar surface area (TPSA) is 38.3 Å². The van der Waals surface area contributed by atoms with Crippen LogP contribution in [0.2, 0.25) is 0 Å². The summed E-state index contributed by atoms with van der Waals surface area (Å²) in [6, 6.07) is 3.95. The molecule has 1 aromatic carbocycles. The molecule has 0 unspecified atom stereocenters. The molecule has 0 saturated carbocycles. The fourth-order valence-corrected chi connectivity index (χ4v) is 1.92. The molecular weight excluding hydrogens is 238 g/mol. The maximum Gasteiger partial charge on any atom is 0.243 e. The molecule has 0 bridgehead atoms. The molecule has 104 valence electrons. The zero-order chi connectivity index (χ0) is 14.3. The molecule has 0 saturated heterocycles. The normalized spacial score (nSPS) is 10.7. The van der Waals surface area contributed by atoms with Gasteiger partial charge in [-0.2, -0.15) is 0 Å². The molecule has 1 amide bonds. The molecule has 0 heterocycles. The van der Waals surface area contributed by atoms with E-state index in [1.54, 1.807) is 13.2 Å². The van der Waals surface area contributed by atoms with Gasteiger partial charge in [0.15, 0.2) is 0 Å². The first kappa shape index (κ1) is 15.3. The molecule has 19 heavy (non-hydrogen) atoms. The minimum absolute atomic E-state index is 0.0388. The first-order valence-electron chi connectivity index (χ1n) is 6.69. The van der Waals surface area contributed by atoms with E-state index in [9.17, 15) is 4.79 Å². The van der Waals surface area contributed by atoms with Gasteiger partial charge in [0, 0.05) is 12.6 Å². The number of carbonyl (C=O) groups is 1. The molecule has 1 aromatic rings. The predicted molar refractivity (Wildman–Crippen MR) is 79.4 cm³/mol. The Balaban J connectivity index is 2.73. The number of benzene rings is 1. The van der Waals surface area contributed by atoms with Crippen LogP contribution in [0.5, 0.6) is 5.75 Å². The van der Waals surface area contributed by atoms with Gasteiger partial charge in [-0.15, -0.1) is 0 Å². The van der Waals surface area contributed by atoms with E-state index in [4.69, 9.17) is 4.74 Å². The summed E-state index contributed by atoms with van der Waals surface area (Å²) >= 11 is 0. The van der Waals surface area contributed by atoms with Crippen LogP contribution in [0, 0.1) is 13.8 Å². The van der Waals surface area contributed by atoms with Gasteiger partial charge in [-0.25, -0.2) is 0 Å². The molecule has 1 rings (SSSR count). The van der Waals surface area contributed by atoms with E-state index < -0.39 is 0 Å². The average molecular weight is 261 g/mol. The van der Waals surface area contributed by atoms with Crippen LogP contribution in [0.3, 0.4) is 0 Å². The van der Waals surface area contributed by atoms with Gasteiger partial charge in [0.25, 0.3) is 0 Å². The van der Waals surface area contributed by atoms with E-state index in [0.29, 0.717) is 0 Å². The Morgan fingerprint density at radius 2 is 1.95 bits per heavy atom. The van der Waals surface area contributed by atoms with Gasteiger partial charge in [0.1, 0.15) is 5.75 Å². The quantitative estimate of drug-likeness (QED) is 0.630. The number of unbranched alkanes of at least 4 members (excludes halogenated alkanes) is 1. The van der Waals surface area contributed by atoms with Crippen LogP contribution in [-0.2, 0) is 4.79 Å². The summed E-state index contributed by atoms with van der Waals surface area (Å²) in [6.07, 6.45) is 5.56. The molecule has 0 fully saturated rings. The van der Waals surface area contributed by atoms with Crippen LogP contribution >= 0.6 is 0 Å². The highest BCUT2D eigenvalue weighted by Crippen LogP contribution is 2.22. The van der Waals surface area contributed by atoms with Crippen molar-refractivity contribution in [3.63, 3.8) is 0 Å². The van der Waals surface area contributed by atoms with Crippen molar-refractivity contribution in [3.05, 3.63) is 34.9 Å². The predicted octanol–water partition coefficient (Wildman–Crippen LogP) is 3.24. The summed E-state index contributed by atoms with van der Waals surface area (Å²) in [7, 11) is 1.66. The monoisotopic (exact) mass is 261 g/mol. The number of nitrogens with one attached hydrogen (secondary N) is 1. The molecule has 3 nitrogen and oxygen atoms in total. The molecule has 1 N–H and O–H groups in total. The van der Waals surface area contributed by atoms with Crippen LogP contribution in [-0.4, -0.2) is 19.6 Å². The number of aryl methyl sites for hydroxylation is 2. The molecule has 0 aliphatic heterocycles. The third-order valence-electron chi connectivity index (χ3n) is 3.03. The maximum atomic E-state index is 11.6. The van der Waals surface area contributed by atoms with Gasteiger partial charge in [0.2, 0.25) is 5.91 Å². The third kappa shape index (κ3) is 4.78. The zero-order valence-electron chi connectivity index (χ0n) is 12.2. The lowest BCUT2D eigenvalue weighted by Crippen LogP contribution is -2.21. The van der Waals surface area contributed by atoms with Crippen molar-refractivity contribution in [3.8, 4) is 5.75 Å². The lowest BCUT2D eigenvalue weighted by molar-refractivity contribution is -0.116. The Morgan fingerprint density at radius 1 is 1.32 bits per heavy atom.